The number of hydrogen-bond acceptors (Lipinski definition) is 6. The number of rotatable bonds is 9. The Kier molecular flexibility index (Phi) is 7.98. The summed E-state index contributed by atoms with van der Waals surface area (Å²) in [6.45, 7) is 3.93. The van der Waals surface area contributed by atoms with E-state index in [0.29, 0.717) is 40.5 Å². The highest BCUT2D eigenvalue weighted by Gasteiger charge is 2.35. The van der Waals surface area contributed by atoms with Gasteiger partial charge in [0.05, 0.1) is 23.4 Å². The second-order valence-electron chi connectivity index (χ2n) is 10.7. The Morgan fingerprint density at radius 3 is 2.69 bits per heavy atom. The van der Waals surface area contributed by atoms with Crippen molar-refractivity contribution in [3.63, 3.8) is 0 Å². The molecule has 5 rings (SSSR count). The van der Waals surface area contributed by atoms with Crippen molar-refractivity contribution in [1.29, 1.82) is 0 Å². The van der Waals surface area contributed by atoms with E-state index in [1.165, 1.54) is 4.90 Å². The summed E-state index contributed by atoms with van der Waals surface area (Å²) >= 11 is 6.46. The molecule has 2 heterocycles. The normalized spacial score (nSPS) is 19.8. The molecule has 204 valence electrons. The Bertz CT molecular complexity index is 1390. The zero-order valence-electron chi connectivity index (χ0n) is 22.1. The molecule has 0 saturated heterocycles. The Morgan fingerprint density at radius 2 is 1.97 bits per heavy atom. The van der Waals surface area contributed by atoms with E-state index in [1.54, 1.807) is 19.2 Å². The number of nitrogens with one attached hydrogen (secondary N) is 1. The first kappa shape index (κ1) is 27.2. The lowest BCUT2D eigenvalue weighted by Crippen LogP contribution is -2.46. The van der Waals surface area contributed by atoms with Gasteiger partial charge in [0.2, 0.25) is 5.91 Å². The van der Waals surface area contributed by atoms with E-state index in [0.717, 1.165) is 41.5 Å². The lowest BCUT2D eigenvalue weighted by molar-refractivity contribution is -0.126. The maximum absolute atomic E-state index is 13.4. The number of benzene rings is 2. The summed E-state index contributed by atoms with van der Waals surface area (Å²) in [5.41, 5.74) is 4.48. The van der Waals surface area contributed by atoms with Gasteiger partial charge < -0.3 is 20.4 Å². The van der Waals surface area contributed by atoms with Crippen LogP contribution in [0.2, 0.25) is 5.02 Å². The number of aromatic nitrogens is 2. The molecule has 2 atom stereocenters. The van der Waals surface area contributed by atoms with E-state index in [1.807, 2.05) is 43.3 Å². The van der Waals surface area contributed by atoms with Crippen molar-refractivity contribution in [2.75, 3.05) is 13.2 Å². The number of nitrogens with zero attached hydrogens (tertiary/aromatic N) is 3. The van der Waals surface area contributed by atoms with E-state index < -0.39 is 12.1 Å². The molecule has 9 heteroatoms. The molecule has 1 fully saturated rings. The zero-order valence-corrected chi connectivity index (χ0v) is 22.9. The van der Waals surface area contributed by atoms with Gasteiger partial charge in [-0.2, -0.15) is 0 Å². The number of aliphatic hydroxyl groups excluding tert-OH is 2. The van der Waals surface area contributed by atoms with E-state index in [9.17, 15) is 19.8 Å². The molecule has 39 heavy (non-hydrogen) atoms. The molecule has 1 saturated carbocycles. The summed E-state index contributed by atoms with van der Waals surface area (Å²) in [4.78, 5) is 37.2. The molecule has 3 aromatic rings. The number of aryl methyl sites for hydroxylation is 1. The number of carbonyl (C=O) groups is 2. The molecular weight excluding hydrogens is 516 g/mol. The molecule has 0 unspecified atom stereocenters. The summed E-state index contributed by atoms with van der Waals surface area (Å²) in [6.07, 6.45) is 4.26. The number of hydrogen-bond donors (Lipinski definition) is 3. The van der Waals surface area contributed by atoms with Crippen LogP contribution in [0.5, 0.6) is 0 Å². The predicted octanol–water partition coefficient (Wildman–Crippen LogP) is 3.86. The summed E-state index contributed by atoms with van der Waals surface area (Å²) < 4.78 is 0. The third kappa shape index (κ3) is 5.69. The molecule has 0 spiro atoms. The quantitative estimate of drug-likeness (QED) is 0.374. The standard InChI is InChI=1S/C30H33ClN4O4/c1-17-4-3-5-21(8-17)26(16-37)33-29(38)18(2)35-14-23-7-6-22(12-24(23)30(35)39)28-25(31)13-32-27(34-28)11-19-9-20(10-19)15-36/h3-8,12-13,18-20,26,36-37H,9-11,14-16H2,1-2H3,(H,33,38)/t18-,19?,20?,26-/m1/s1. The first-order valence-electron chi connectivity index (χ1n) is 13.3. The fraction of sp³-hybridized carbons (Fsp3) is 0.400. The lowest BCUT2D eigenvalue weighted by atomic mass is 9.73. The molecule has 3 N–H and O–H groups in total. The van der Waals surface area contributed by atoms with Gasteiger partial charge in [0, 0.05) is 36.9 Å². The maximum atomic E-state index is 13.4. The van der Waals surface area contributed by atoms with Crippen LogP contribution in [0.25, 0.3) is 11.3 Å². The van der Waals surface area contributed by atoms with Gasteiger partial charge >= 0.3 is 0 Å². The fourth-order valence-electron chi connectivity index (χ4n) is 5.49. The summed E-state index contributed by atoms with van der Waals surface area (Å²) in [6, 6.07) is 11.9. The van der Waals surface area contributed by atoms with Crippen molar-refractivity contribution >= 4 is 23.4 Å². The van der Waals surface area contributed by atoms with Crippen molar-refractivity contribution in [3.05, 3.63) is 81.8 Å². The minimum Gasteiger partial charge on any atom is -0.396 e. The molecule has 2 aromatic carbocycles. The first-order valence-corrected chi connectivity index (χ1v) is 13.7. The Hall–Kier alpha value is -3.33. The van der Waals surface area contributed by atoms with Crippen LogP contribution < -0.4 is 5.32 Å². The maximum Gasteiger partial charge on any atom is 0.255 e. The second-order valence-corrected chi connectivity index (χ2v) is 11.1. The van der Waals surface area contributed by atoms with Crippen molar-refractivity contribution in [2.45, 2.75) is 51.7 Å². The van der Waals surface area contributed by atoms with Gasteiger partial charge in [-0.05, 0) is 55.7 Å². The van der Waals surface area contributed by atoms with Crippen molar-refractivity contribution in [2.24, 2.45) is 11.8 Å². The first-order chi connectivity index (χ1) is 18.8. The van der Waals surface area contributed by atoms with Gasteiger partial charge in [0.15, 0.2) is 0 Å². The van der Waals surface area contributed by atoms with Gasteiger partial charge in [0.1, 0.15) is 11.9 Å². The number of amides is 2. The summed E-state index contributed by atoms with van der Waals surface area (Å²) in [5, 5.41) is 22.5. The van der Waals surface area contributed by atoms with Crippen LogP contribution in [-0.4, -0.2) is 56.2 Å². The van der Waals surface area contributed by atoms with Gasteiger partial charge in [-0.3, -0.25) is 9.59 Å². The summed E-state index contributed by atoms with van der Waals surface area (Å²) in [7, 11) is 0. The average molecular weight is 549 g/mol. The minimum atomic E-state index is -0.730. The Labute approximate surface area is 233 Å². The van der Waals surface area contributed by atoms with Crippen LogP contribution in [0.1, 0.15) is 58.7 Å². The highest BCUT2D eigenvalue weighted by molar-refractivity contribution is 6.32. The highest BCUT2D eigenvalue weighted by atomic mass is 35.5. The molecule has 1 aliphatic carbocycles. The zero-order chi connectivity index (χ0) is 27.7. The van der Waals surface area contributed by atoms with Gasteiger partial charge in [-0.1, -0.05) is 53.6 Å². The van der Waals surface area contributed by atoms with Crippen LogP contribution in [0.15, 0.2) is 48.7 Å². The topological polar surface area (TPSA) is 116 Å². The van der Waals surface area contributed by atoms with E-state index in [2.05, 4.69) is 10.3 Å². The molecule has 0 bridgehead atoms. The molecule has 0 radical (unpaired) electrons. The number of aliphatic hydroxyl groups is 2. The average Bonchev–Trinajstić information content (AvgIpc) is 3.24. The minimum absolute atomic E-state index is 0.221. The Morgan fingerprint density at radius 1 is 1.18 bits per heavy atom. The predicted molar refractivity (Wildman–Crippen MR) is 148 cm³/mol. The molecule has 1 aromatic heterocycles. The fourth-order valence-corrected chi connectivity index (χ4v) is 5.69. The number of halogens is 1. The van der Waals surface area contributed by atoms with Crippen LogP contribution in [0, 0.1) is 18.8 Å². The lowest BCUT2D eigenvalue weighted by Gasteiger charge is -2.33. The SMILES string of the molecule is Cc1cccc([C@@H](CO)NC(=O)[C@@H](C)N2Cc3ccc(-c4nc(CC5CC(CO)C5)ncc4Cl)cc3C2=O)c1. The largest absolute Gasteiger partial charge is 0.396 e. The van der Waals surface area contributed by atoms with Crippen molar-refractivity contribution in [1.82, 2.24) is 20.2 Å². The molecule has 1 aliphatic heterocycles. The number of carbonyl (C=O) groups excluding carboxylic acids is 2. The van der Waals surface area contributed by atoms with Crippen LogP contribution in [-0.2, 0) is 17.8 Å². The monoisotopic (exact) mass is 548 g/mol. The third-order valence-corrected chi connectivity index (χ3v) is 8.14. The third-order valence-electron chi connectivity index (χ3n) is 7.86. The van der Waals surface area contributed by atoms with Gasteiger partial charge in [-0.25, -0.2) is 9.97 Å². The number of fused-ring (bicyclic) bond motifs is 1. The van der Waals surface area contributed by atoms with Crippen LogP contribution >= 0.6 is 11.6 Å². The van der Waals surface area contributed by atoms with E-state index in [4.69, 9.17) is 16.6 Å². The second kappa shape index (κ2) is 11.4. The van der Waals surface area contributed by atoms with Gasteiger partial charge in [-0.15, -0.1) is 0 Å². The van der Waals surface area contributed by atoms with E-state index in [-0.39, 0.29) is 25.0 Å². The Balaban J connectivity index is 1.30. The van der Waals surface area contributed by atoms with E-state index >= 15 is 0 Å². The highest BCUT2D eigenvalue weighted by Crippen LogP contribution is 2.36. The van der Waals surface area contributed by atoms with Crippen LogP contribution in [0.3, 0.4) is 0 Å². The molecular formula is C30H33ClN4O4. The molecule has 2 amide bonds. The van der Waals surface area contributed by atoms with Crippen LogP contribution in [0.4, 0.5) is 0 Å². The smallest absolute Gasteiger partial charge is 0.255 e. The molecule has 2 aliphatic rings. The van der Waals surface area contributed by atoms with Gasteiger partial charge in [0.25, 0.3) is 5.91 Å². The summed E-state index contributed by atoms with van der Waals surface area (Å²) in [5.74, 6) is 0.950. The van der Waals surface area contributed by atoms with Crippen molar-refractivity contribution < 1.29 is 19.8 Å². The molecule has 8 nitrogen and oxygen atoms in total. The van der Waals surface area contributed by atoms with Crippen molar-refractivity contribution in [3.8, 4) is 11.3 Å².